The van der Waals surface area contributed by atoms with Gasteiger partial charge in [0.2, 0.25) is 0 Å². The standard InChI is InChI=1S/C15H28N4O2/c1-4-7-13-18-14(16-5-2)12(3)15(19-13)17-8-6-10-21-11-9-20/h20H,4-11H2,1-3H3,(H2,16,17,18,19). The zero-order chi connectivity index (χ0) is 15.5. The van der Waals surface area contributed by atoms with Crippen molar-refractivity contribution in [3.05, 3.63) is 11.4 Å². The lowest BCUT2D eigenvalue weighted by molar-refractivity contribution is 0.0922. The molecular formula is C15H28N4O2. The maximum Gasteiger partial charge on any atom is 0.134 e. The third-order valence-corrected chi connectivity index (χ3v) is 3.00. The van der Waals surface area contributed by atoms with Gasteiger partial charge < -0.3 is 20.5 Å². The molecule has 0 aliphatic rings. The summed E-state index contributed by atoms with van der Waals surface area (Å²) >= 11 is 0. The van der Waals surface area contributed by atoms with E-state index in [2.05, 4.69) is 34.4 Å². The Morgan fingerprint density at radius 2 is 1.81 bits per heavy atom. The summed E-state index contributed by atoms with van der Waals surface area (Å²) in [5.41, 5.74) is 1.05. The first kappa shape index (κ1) is 17.7. The van der Waals surface area contributed by atoms with Crippen molar-refractivity contribution in [2.45, 2.75) is 40.0 Å². The molecule has 0 radical (unpaired) electrons. The Hall–Kier alpha value is -1.40. The molecule has 0 saturated heterocycles. The van der Waals surface area contributed by atoms with Gasteiger partial charge in [-0.15, -0.1) is 0 Å². The molecule has 1 aromatic rings. The van der Waals surface area contributed by atoms with Crippen LogP contribution in [0.15, 0.2) is 0 Å². The highest BCUT2D eigenvalue weighted by molar-refractivity contribution is 5.57. The minimum atomic E-state index is 0.0743. The van der Waals surface area contributed by atoms with Crippen molar-refractivity contribution in [3.8, 4) is 0 Å². The van der Waals surface area contributed by atoms with E-state index < -0.39 is 0 Å². The molecule has 21 heavy (non-hydrogen) atoms. The first-order valence-corrected chi connectivity index (χ1v) is 7.76. The zero-order valence-corrected chi connectivity index (χ0v) is 13.4. The van der Waals surface area contributed by atoms with Crippen molar-refractivity contribution in [1.82, 2.24) is 9.97 Å². The van der Waals surface area contributed by atoms with Crippen molar-refractivity contribution in [2.24, 2.45) is 0 Å². The summed E-state index contributed by atoms with van der Waals surface area (Å²) in [6, 6.07) is 0. The third kappa shape index (κ3) is 6.27. The Bertz CT molecular complexity index is 413. The summed E-state index contributed by atoms with van der Waals surface area (Å²) in [4.78, 5) is 9.16. The molecule has 0 unspecified atom stereocenters. The summed E-state index contributed by atoms with van der Waals surface area (Å²) in [7, 11) is 0. The van der Waals surface area contributed by atoms with Gasteiger partial charge in [-0.25, -0.2) is 9.97 Å². The fraction of sp³-hybridized carbons (Fsp3) is 0.733. The maximum absolute atomic E-state index is 8.63. The second-order valence-corrected chi connectivity index (χ2v) is 4.86. The van der Waals surface area contributed by atoms with Crippen LogP contribution in [0.2, 0.25) is 0 Å². The molecule has 6 nitrogen and oxygen atoms in total. The van der Waals surface area contributed by atoms with Gasteiger partial charge in [-0.1, -0.05) is 6.92 Å². The van der Waals surface area contributed by atoms with Crippen LogP contribution >= 0.6 is 0 Å². The Morgan fingerprint density at radius 3 is 2.43 bits per heavy atom. The van der Waals surface area contributed by atoms with E-state index in [0.29, 0.717) is 13.2 Å². The second kappa shape index (κ2) is 10.3. The minimum Gasteiger partial charge on any atom is -0.394 e. The van der Waals surface area contributed by atoms with E-state index in [1.54, 1.807) is 0 Å². The highest BCUT2D eigenvalue weighted by Crippen LogP contribution is 2.20. The van der Waals surface area contributed by atoms with Gasteiger partial charge in [-0.3, -0.25) is 0 Å². The maximum atomic E-state index is 8.63. The van der Waals surface area contributed by atoms with Gasteiger partial charge in [0.25, 0.3) is 0 Å². The molecule has 0 spiro atoms. The summed E-state index contributed by atoms with van der Waals surface area (Å²) < 4.78 is 5.24. The lowest BCUT2D eigenvalue weighted by Crippen LogP contribution is -2.13. The molecule has 0 saturated carbocycles. The molecule has 0 atom stereocenters. The molecule has 0 fully saturated rings. The van der Waals surface area contributed by atoms with Crippen molar-refractivity contribution >= 4 is 11.6 Å². The van der Waals surface area contributed by atoms with Crippen LogP contribution in [0.4, 0.5) is 11.6 Å². The topological polar surface area (TPSA) is 79.3 Å². The molecular weight excluding hydrogens is 268 g/mol. The van der Waals surface area contributed by atoms with Crippen molar-refractivity contribution in [2.75, 3.05) is 43.5 Å². The third-order valence-electron chi connectivity index (χ3n) is 3.00. The van der Waals surface area contributed by atoms with Crippen LogP contribution in [0.5, 0.6) is 0 Å². The predicted molar refractivity (Wildman–Crippen MR) is 85.9 cm³/mol. The SMILES string of the molecule is CCCc1nc(NCC)c(C)c(NCCCOCCO)n1. The quantitative estimate of drug-likeness (QED) is 0.542. The number of aliphatic hydroxyl groups excluding tert-OH is 1. The molecule has 0 amide bonds. The van der Waals surface area contributed by atoms with Crippen LogP contribution in [-0.4, -0.2) is 48.0 Å². The molecule has 3 N–H and O–H groups in total. The Balaban J connectivity index is 2.61. The Labute approximate surface area is 127 Å². The molecule has 120 valence electrons. The van der Waals surface area contributed by atoms with E-state index in [1.807, 2.05) is 6.92 Å². The van der Waals surface area contributed by atoms with E-state index >= 15 is 0 Å². The zero-order valence-electron chi connectivity index (χ0n) is 13.4. The summed E-state index contributed by atoms with van der Waals surface area (Å²) in [6.45, 7) is 8.97. The number of aromatic nitrogens is 2. The number of nitrogens with zero attached hydrogens (tertiary/aromatic N) is 2. The van der Waals surface area contributed by atoms with E-state index in [0.717, 1.165) is 55.4 Å². The number of hydrogen-bond donors (Lipinski definition) is 3. The summed E-state index contributed by atoms with van der Waals surface area (Å²) in [5.74, 6) is 2.68. The molecule has 1 heterocycles. The van der Waals surface area contributed by atoms with Crippen LogP contribution in [0.1, 0.15) is 38.1 Å². The molecule has 1 rings (SSSR count). The van der Waals surface area contributed by atoms with Gasteiger partial charge in [0.05, 0.1) is 13.2 Å². The largest absolute Gasteiger partial charge is 0.394 e. The predicted octanol–water partition coefficient (Wildman–Crippen LogP) is 1.98. The highest BCUT2D eigenvalue weighted by atomic mass is 16.5. The first-order chi connectivity index (χ1) is 10.2. The van der Waals surface area contributed by atoms with E-state index in [9.17, 15) is 0 Å². The van der Waals surface area contributed by atoms with Gasteiger partial charge in [-0.05, 0) is 26.7 Å². The monoisotopic (exact) mass is 296 g/mol. The van der Waals surface area contributed by atoms with Crippen LogP contribution in [-0.2, 0) is 11.2 Å². The number of aliphatic hydroxyl groups is 1. The van der Waals surface area contributed by atoms with E-state index in [4.69, 9.17) is 9.84 Å². The minimum absolute atomic E-state index is 0.0743. The van der Waals surface area contributed by atoms with Crippen LogP contribution in [0, 0.1) is 6.92 Å². The lowest BCUT2D eigenvalue weighted by Gasteiger charge is -2.14. The number of ether oxygens (including phenoxy) is 1. The second-order valence-electron chi connectivity index (χ2n) is 4.86. The number of rotatable bonds is 11. The number of anilines is 2. The number of aryl methyl sites for hydroxylation is 1. The van der Waals surface area contributed by atoms with Crippen LogP contribution in [0.25, 0.3) is 0 Å². The molecule has 0 aliphatic heterocycles. The smallest absolute Gasteiger partial charge is 0.134 e. The van der Waals surface area contributed by atoms with Gasteiger partial charge in [0, 0.05) is 31.7 Å². The van der Waals surface area contributed by atoms with Crippen molar-refractivity contribution in [1.29, 1.82) is 0 Å². The lowest BCUT2D eigenvalue weighted by atomic mass is 10.2. The Morgan fingerprint density at radius 1 is 1.10 bits per heavy atom. The van der Waals surface area contributed by atoms with Gasteiger partial charge in [0.15, 0.2) is 0 Å². The summed E-state index contributed by atoms with van der Waals surface area (Å²) in [5, 5.41) is 15.3. The van der Waals surface area contributed by atoms with Crippen molar-refractivity contribution in [3.63, 3.8) is 0 Å². The first-order valence-electron chi connectivity index (χ1n) is 7.76. The summed E-state index contributed by atoms with van der Waals surface area (Å²) in [6.07, 6.45) is 2.79. The van der Waals surface area contributed by atoms with Crippen molar-refractivity contribution < 1.29 is 9.84 Å². The Kier molecular flexibility index (Phi) is 8.69. The van der Waals surface area contributed by atoms with Crippen LogP contribution < -0.4 is 10.6 Å². The average Bonchev–Trinajstić information content (AvgIpc) is 2.47. The molecule has 0 aliphatic carbocycles. The molecule has 0 aromatic carbocycles. The van der Waals surface area contributed by atoms with Gasteiger partial charge in [-0.2, -0.15) is 0 Å². The molecule has 0 bridgehead atoms. The van der Waals surface area contributed by atoms with E-state index in [1.165, 1.54) is 0 Å². The van der Waals surface area contributed by atoms with E-state index in [-0.39, 0.29) is 6.61 Å². The van der Waals surface area contributed by atoms with Crippen LogP contribution in [0.3, 0.4) is 0 Å². The fourth-order valence-corrected chi connectivity index (χ4v) is 1.96. The highest BCUT2D eigenvalue weighted by Gasteiger charge is 2.09. The molecule has 6 heteroatoms. The number of nitrogens with one attached hydrogen (secondary N) is 2. The van der Waals surface area contributed by atoms with Gasteiger partial charge in [0.1, 0.15) is 17.5 Å². The fourth-order valence-electron chi connectivity index (χ4n) is 1.96. The van der Waals surface area contributed by atoms with Gasteiger partial charge >= 0.3 is 0 Å². The normalized spacial score (nSPS) is 10.7. The number of hydrogen-bond acceptors (Lipinski definition) is 6. The molecule has 1 aromatic heterocycles. The average molecular weight is 296 g/mol.